The van der Waals surface area contributed by atoms with E-state index in [4.69, 9.17) is 0 Å². The van der Waals surface area contributed by atoms with Gasteiger partial charge in [0.1, 0.15) is 0 Å². The van der Waals surface area contributed by atoms with Crippen molar-refractivity contribution in [3.8, 4) is 0 Å². The molecule has 0 aliphatic carbocycles. The van der Waals surface area contributed by atoms with Crippen LogP contribution in [-0.2, 0) is 4.79 Å². The summed E-state index contributed by atoms with van der Waals surface area (Å²) in [6, 6.07) is 0. The van der Waals surface area contributed by atoms with E-state index in [1.807, 2.05) is 18.7 Å². The molecule has 1 atom stereocenters. The minimum atomic E-state index is 0.302. The van der Waals surface area contributed by atoms with Gasteiger partial charge in [0.15, 0.2) is 0 Å². The molecule has 0 spiro atoms. The van der Waals surface area contributed by atoms with E-state index in [9.17, 15) is 4.79 Å². The number of carbonyl (C=O) groups excluding carboxylic acids is 1. The smallest absolute Gasteiger partial charge is 0.226 e. The number of amides is 1. The number of hydrogen-bond donors (Lipinski definition) is 0. The van der Waals surface area contributed by atoms with Crippen molar-refractivity contribution in [1.82, 2.24) is 4.90 Å². The van der Waals surface area contributed by atoms with E-state index in [-0.39, 0.29) is 0 Å². The van der Waals surface area contributed by atoms with Crippen molar-refractivity contribution in [3.05, 3.63) is 0 Å². The molecule has 0 radical (unpaired) electrons. The van der Waals surface area contributed by atoms with Crippen LogP contribution in [-0.4, -0.2) is 23.9 Å². The first-order valence-electron chi connectivity index (χ1n) is 5.95. The van der Waals surface area contributed by atoms with Crippen LogP contribution in [0, 0.1) is 11.8 Å². The van der Waals surface area contributed by atoms with Crippen LogP contribution in [0.1, 0.15) is 47.5 Å². The van der Waals surface area contributed by atoms with E-state index in [2.05, 4.69) is 20.8 Å². The quantitative estimate of drug-likeness (QED) is 0.684. The summed E-state index contributed by atoms with van der Waals surface area (Å²) >= 11 is 0. The Morgan fingerprint density at radius 1 is 1.43 bits per heavy atom. The maximum atomic E-state index is 11.7. The van der Waals surface area contributed by atoms with Crippen LogP contribution < -0.4 is 0 Å². The number of hydrogen-bond acceptors (Lipinski definition) is 1. The van der Waals surface area contributed by atoms with Gasteiger partial charge >= 0.3 is 0 Å². The molecule has 1 heterocycles. The van der Waals surface area contributed by atoms with Gasteiger partial charge in [-0.15, -0.1) is 0 Å². The van der Waals surface area contributed by atoms with Crippen molar-refractivity contribution < 1.29 is 4.79 Å². The van der Waals surface area contributed by atoms with Crippen LogP contribution >= 0.6 is 0 Å². The fourth-order valence-electron chi connectivity index (χ4n) is 1.87. The van der Waals surface area contributed by atoms with Gasteiger partial charge in [0.25, 0.3) is 0 Å². The standard InChI is InChI=1S/C10H19NO.C2H6/c1-4-6-11-7-5-9(8(2)3)10(11)12;1-2/h8-9H,4-7H2,1-3H3;1-2H3. The zero-order valence-corrected chi connectivity index (χ0v) is 10.3. The molecule has 84 valence electrons. The second-order valence-electron chi connectivity index (χ2n) is 3.96. The minimum Gasteiger partial charge on any atom is -0.342 e. The highest BCUT2D eigenvalue weighted by molar-refractivity contribution is 5.81. The molecule has 1 rings (SSSR count). The van der Waals surface area contributed by atoms with Gasteiger partial charge in [-0.1, -0.05) is 34.6 Å². The van der Waals surface area contributed by atoms with Crippen LogP contribution in [0.4, 0.5) is 0 Å². The fraction of sp³-hybridized carbons (Fsp3) is 0.917. The monoisotopic (exact) mass is 199 g/mol. The Morgan fingerprint density at radius 3 is 2.36 bits per heavy atom. The molecule has 0 aromatic heterocycles. The van der Waals surface area contributed by atoms with Crippen LogP contribution in [0.15, 0.2) is 0 Å². The molecule has 2 heteroatoms. The molecule has 0 aromatic rings. The normalized spacial score (nSPS) is 21.1. The Bertz CT molecular complexity index is 166. The van der Waals surface area contributed by atoms with E-state index >= 15 is 0 Å². The number of carbonyl (C=O) groups is 1. The summed E-state index contributed by atoms with van der Waals surface area (Å²) in [5.41, 5.74) is 0. The van der Waals surface area contributed by atoms with E-state index < -0.39 is 0 Å². The summed E-state index contributed by atoms with van der Waals surface area (Å²) in [5.74, 6) is 1.20. The summed E-state index contributed by atoms with van der Waals surface area (Å²) in [7, 11) is 0. The topological polar surface area (TPSA) is 20.3 Å². The Morgan fingerprint density at radius 2 is 2.00 bits per heavy atom. The molecule has 1 aliphatic rings. The summed E-state index contributed by atoms with van der Waals surface area (Å²) in [6.07, 6.45) is 2.15. The molecule has 1 unspecified atom stereocenters. The predicted molar refractivity (Wildman–Crippen MR) is 61.2 cm³/mol. The molecule has 14 heavy (non-hydrogen) atoms. The largest absolute Gasteiger partial charge is 0.342 e. The van der Waals surface area contributed by atoms with Gasteiger partial charge in [-0.2, -0.15) is 0 Å². The number of rotatable bonds is 3. The summed E-state index contributed by atoms with van der Waals surface area (Å²) in [5, 5.41) is 0. The molecular weight excluding hydrogens is 174 g/mol. The molecule has 1 saturated heterocycles. The first-order chi connectivity index (χ1) is 6.66. The van der Waals surface area contributed by atoms with Crippen LogP contribution in [0.5, 0.6) is 0 Å². The molecular formula is C12H25NO. The summed E-state index contributed by atoms with van der Waals surface area (Å²) in [4.78, 5) is 13.7. The van der Waals surface area contributed by atoms with Crippen molar-refractivity contribution in [2.75, 3.05) is 13.1 Å². The van der Waals surface area contributed by atoms with Crippen molar-refractivity contribution in [3.63, 3.8) is 0 Å². The molecule has 1 aliphatic heterocycles. The lowest BCUT2D eigenvalue weighted by molar-refractivity contribution is -0.132. The molecule has 0 bridgehead atoms. The van der Waals surface area contributed by atoms with Crippen molar-refractivity contribution in [2.45, 2.75) is 47.5 Å². The second-order valence-corrected chi connectivity index (χ2v) is 3.96. The Balaban J connectivity index is 0.000000791. The van der Waals surface area contributed by atoms with Crippen molar-refractivity contribution in [2.24, 2.45) is 11.8 Å². The lowest BCUT2D eigenvalue weighted by Gasteiger charge is -2.16. The van der Waals surface area contributed by atoms with Gasteiger partial charge in [0.05, 0.1) is 0 Å². The van der Waals surface area contributed by atoms with Gasteiger partial charge in [-0.05, 0) is 18.8 Å². The highest BCUT2D eigenvalue weighted by atomic mass is 16.2. The predicted octanol–water partition coefficient (Wildman–Crippen LogP) is 2.93. The molecule has 1 fully saturated rings. The second kappa shape index (κ2) is 6.86. The van der Waals surface area contributed by atoms with E-state index in [0.29, 0.717) is 17.7 Å². The van der Waals surface area contributed by atoms with Gasteiger partial charge in [0, 0.05) is 19.0 Å². The van der Waals surface area contributed by atoms with E-state index in [0.717, 1.165) is 25.9 Å². The first kappa shape index (κ1) is 13.5. The molecule has 1 amide bonds. The highest BCUT2D eigenvalue weighted by Gasteiger charge is 2.32. The van der Waals surface area contributed by atoms with Gasteiger partial charge < -0.3 is 4.90 Å². The third kappa shape index (κ3) is 3.32. The lowest BCUT2D eigenvalue weighted by Crippen LogP contribution is -2.29. The van der Waals surface area contributed by atoms with Crippen LogP contribution in [0.2, 0.25) is 0 Å². The molecule has 0 saturated carbocycles. The van der Waals surface area contributed by atoms with Gasteiger partial charge in [0.2, 0.25) is 5.91 Å². The first-order valence-corrected chi connectivity index (χ1v) is 5.95. The SMILES string of the molecule is CC.CCCN1CCC(C(C)C)C1=O. The van der Waals surface area contributed by atoms with Gasteiger partial charge in [-0.25, -0.2) is 0 Å². The van der Waals surface area contributed by atoms with Crippen molar-refractivity contribution in [1.29, 1.82) is 0 Å². The average Bonchev–Trinajstić information content (AvgIpc) is 2.52. The van der Waals surface area contributed by atoms with Crippen molar-refractivity contribution >= 4 is 5.91 Å². The fourth-order valence-corrected chi connectivity index (χ4v) is 1.87. The lowest BCUT2D eigenvalue weighted by atomic mass is 9.95. The summed E-state index contributed by atoms with van der Waals surface area (Å²) < 4.78 is 0. The Labute approximate surface area is 88.7 Å². The molecule has 0 N–H and O–H groups in total. The molecule has 0 aromatic carbocycles. The van der Waals surface area contributed by atoms with E-state index in [1.54, 1.807) is 0 Å². The maximum absolute atomic E-state index is 11.7. The minimum absolute atomic E-state index is 0.302. The Hall–Kier alpha value is -0.530. The summed E-state index contributed by atoms with van der Waals surface area (Å²) in [6.45, 7) is 12.3. The van der Waals surface area contributed by atoms with Gasteiger partial charge in [-0.3, -0.25) is 4.79 Å². The maximum Gasteiger partial charge on any atom is 0.226 e. The highest BCUT2D eigenvalue weighted by Crippen LogP contribution is 2.24. The zero-order valence-electron chi connectivity index (χ0n) is 10.3. The molecule has 2 nitrogen and oxygen atoms in total. The third-order valence-electron chi connectivity index (χ3n) is 2.64. The van der Waals surface area contributed by atoms with E-state index in [1.165, 1.54) is 0 Å². The Kier molecular flexibility index (Phi) is 6.60. The van der Waals surface area contributed by atoms with Crippen LogP contribution in [0.25, 0.3) is 0 Å². The zero-order chi connectivity index (χ0) is 11.1. The average molecular weight is 199 g/mol. The third-order valence-corrected chi connectivity index (χ3v) is 2.64. The number of nitrogens with zero attached hydrogens (tertiary/aromatic N) is 1. The van der Waals surface area contributed by atoms with Crippen LogP contribution in [0.3, 0.4) is 0 Å². The number of likely N-dealkylation sites (tertiary alicyclic amines) is 1.